The summed E-state index contributed by atoms with van der Waals surface area (Å²) in [6, 6.07) is 17.5. The fourth-order valence-electron chi connectivity index (χ4n) is 2.31. The molecule has 0 atom stereocenters. The minimum absolute atomic E-state index is 0.396. The zero-order valence-corrected chi connectivity index (χ0v) is 14.8. The molecular weight excluding hydrogens is 336 g/mol. The van der Waals surface area contributed by atoms with Crippen LogP contribution >= 0.6 is 11.3 Å². The molecule has 5 nitrogen and oxygen atoms in total. The molecule has 0 aliphatic heterocycles. The van der Waals surface area contributed by atoms with Crippen molar-refractivity contribution in [1.29, 1.82) is 0 Å². The Labute approximate surface area is 150 Å². The predicted octanol–water partition coefficient (Wildman–Crippen LogP) is 4.22. The van der Waals surface area contributed by atoms with Gasteiger partial charge in [-0.25, -0.2) is 9.78 Å². The van der Waals surface area contributed by atoms with E-state index in [0.717, 1.165) is 21.9 Å². The summed E-state index contributed by atoms with van der Waals surface area (Å²) < 4.78 is 10.1. The molecule has 128 valence electrons. The van der Waals surface area contributed by atoms with Gasteiger partial charge in [-0.3, -0.25) is 0 Å². The van der Waals surface area contributed by atoms with Crippen molar-refractivity contribution >= 4 is 23.1 Å². The van der Waals surface area contributed by atoms with E-state index in [1.807, 2.05) is 54.6 Å². The van der Waals surface area contributed by atoms with Crippen LogP contribution < -0.4 is 10.1 Å². The number of nitrogens with zero attached hydrogens (tertiary/aromatic N) is 1. The molecule has 0 aliphatic carbocycles. The van der Waals surface area contributed by atoms with E-state index in [1.54, 1.807) is 7.11 Å². The second-order valence-electron chi connectivity index (χ2n) is 5.26. The van der Waals surface area contributed by atoms with Gasteiger partial charge in [0.2, 0.25) is 0 Å². The Morgan fingerprint density at radius 2 is 1.80 bits per heavy atom. The van der Waals surface area contributed by atoms with Gasteiger partial charge in [0.05, 0.1) is 14.2 Å². The number of anilines is 1. The summed E-state index contributed by atoms with van der Waals surface area (Å²) in [5, 5.41) is 3.98. The largest absolute Gasteiger partial charge is 0.497 e. The van der Waals surface area contributed by atoms with E-state index in [0.29, 0.717) is 17.2 Å². The maximum Gasteiger partial charge on any atom is 0.351 e. The van der Waals surface area contributed by atoms with Crippen molar-refractivity contribution in [2.75, 3.05) is 19.5 Å². The van der Waals surface area contributed by atoms with Gasteiger partial charge in [-0.2, -0.15) is 0 Å². The average Bonchev–Trinajstić information content (AvgIpc) is 3.11. The highest BCUT2D eigenvalue weighted by atomic mass is 32.1. The van der Waals surface area contributed by atoms with E-state index >= 15 is 0 Å². The Balaban J connectivity index is 1.87. The highest BCUT2D eigenvalue weighted by molar-refractivity contribution is 7.17. The summed E-state index contributed by atoms with van der Waals surface area (Å²) in [4.78, 5) is 17.1. The Bertz CT molecular complexity index is 845. The van der Waals surface area contributed by atoms with Crippen LogP contribution in [0.5, 0.6) is 5.75 Å². The van der Waals surface area contributed by atoms with Crippen LogP contribution in [-0.4, -0.2) is 25.2 Å². The zero-order chi connectivity index (χ0) is 17.6. The van der Waals surface area contributed by atoms with Crippen molar-refractivity contribution < 1.29 is 14.3 Å². The monoisotopic (exact) mass is 354 g/mol. The molecule has 1 aromatic heterocycles. The maximum absolute atomic E-state index is 12.1. The van der Waals surface area contributed by atoms with Crippen molar-refractivity contribution in [2.24, 2.45) is 0 Å². The van der Waals surface area contributed by atoms with Gasteiger partial charge >= 0.3 is 5.97 Å². The number of esters is 1. The van der Waals surface area contributed by atoms with Crippen molar-refractivity contribution in [3.8, 4) is 16.3 Å². The predicted molar refractivity (Wildman–Crippen MR) is 99.2 cm³/mol. The van der Waals surface area contributed by atoms with E-state index in [1.165, 1.54) is 18.4 Å². The Morgan fingerprint density at radius 1 is 1.08 bits per heavy atom. The third-order valence-electron chi connectivity index (χ3n) is 3.64. The van der Waals surface area contributed by atoms with Crippen LogP contribution in [0.1, 0.15) is 15.2 Å². The van der Waals surface area contributed by atoms with Crippen LogP contribution in [0.2, 0.25) is 0 Å². The molecule has 0 saturated heterocycles. The molecule has 3 rings (SSSR count). The summed E-state index contributed by atoms with van der Waals surface area (Å²) in [6.07, 6.45) is 0. The van der Waals surface area contributed by atoms with Gasteiger partial charge in [-0.05, 0) is 29.8 Å². The van der Waals surface area contributed by atoms with Gasteiger partial charge in [-0.15, -0.1) is 11.3 Å². The molecule has 0 radical (unpaired) electrons. The third-order valence-corrected chi connectivity index (χ3v) is 4.72. The first kappa shape index (κ1) is 17.0. The number of benzene rings is 2. The quantitative estimate of drug-likeness (QED) is 0.672. The zero-order valence-electron chi connectivity index (χ0n) is 14.0. The maximum atomic E-state index is 12.1. The first-order valence-electron chi connectivity index (χ1n) is 7.72. The Kier molecular flexibility index (Phi) is 5.30. The number of nitrogens with one attached hydrogen (secondary N) is 1. The molecule has 1 heterocycles. The summed E-state index contributed by atoms with van der Waals surface area (Å²) in [5.74, 6) is 0.912. The molecule has 25 heavy (non-hydrogen) atoms. The van der Waals surface area contributed by atoms with Crippen LogP contribution in [0, 0.1) is 0 Å². The summed E-state index contributed by atoms with van der Waals surface area (Å²) in [7, 11) is 3.00. The number of aromatic nitrogens is 1. The lowest BCUT2D eigenvalue weighted by Crippen LogP contribution is -2.06. The number of ether oxygens (including phenoxy) is 2. The molecule has 1 N–H and O–H groups in total. The lowest BCUT2D eigenvalue weighted by molar-refractivity contribution is 0.0607. The highest BCUT2D eigenvalue weighted by Gasteiger charge is 2.19. The molecule has 0 bridgehead atoms. The van der Waals surface area contributed by atoms with E-state index in [9.17, 15) is 4.79 Å². The number of hydrogen-bond acceptors (Lipinski definition) is 6. The Morgan fingerprint density at radius 3 is 2.44 bits per heavy atom. The van der Waals surface area contributed by atoms with E-state index in [-0.39, 0.29) is 0 Å². The molecule has 0 aliphatic rings. The molecule has 0 saturated carbocycles. The lowest BCUT2D eigenvalue weighted by Gasteiger charge is -2.05. The number of carbonyl (C=O) groups excluding carboxylic acids is 1. The Hall–Kier alpha value is -2.86. The van der Waals surface area contributed by atoms with Gasteiger partial charge in [-0.1, -0.05) is 30.3 Å². The first-order valence-corrected chi connectivity index (χ1v) is 8.54. The van der Waals surface area contributed by atoms with Gasteiger partial charge in [0.1, 0.15) is 10.8 Å². The molecule has 0 unspecified atom stereocenters. The van der Waals surface area contributed by atoms with Crippen molar-refractivity contribution in [1.82, 2.24) is 4.98 Å². The summed E-state index contributed by atoms with van der Waals surface area (Å²) in [6.45, 7) is 0.580. The summed E-state index contributed by atoms with van der Waals surface area (Å²) in [5.41, 5.74) is 2.03. The second-order valence-corrected chi connectivity index (χ2v) is 6.26. The van der Waals surface area contributed by atoms with Crippen LogP contribution in [0.25, 0.3) is 10.6 Å². The molecule has 2 aromatic carbocycles. The van der Waals surface area contributed by atoms with E-state index in [4.69, 9.17) is 9.47 Å². The molecule has 0 fully saturated rings. The van der Waals surface area contributed by atoms with E-state index < -0.39 is 5.97 Å². The number of hydrogen-bond donors (Lipinski definition) is 1. The number of rotatable bonds is 6. The number of methoxy groups -OCH3 is 2. The minimum Gasteiger partial charge on any atom is -0.497 e. The average molecular weight is 354 g/mol. The normalized spacial score (nSPS) is 10.3. The fraction of sp³-hybridized carbons (Fsp3) is 0.158. The second kappa shape index (κ2) is 7.81. The van der Waals surface area contributed by atoms with Crippen LogP contribution in [-0.2, 0) is 11.3 Å². The molecule has 0 spiro atoms. The molecule has 0 amide bonds. The van der Waals surface area contributed by atoms with E-state index in [2.05, 4.69) is 10.3 Å². The summed E-state index contributed by atoms with van der Waals surface area (Å²) >= 11 is 1.30. The van der Waals surface area contributed by atoms with Crippen molar-refractivity contribution in [3.05, 3.63) is 65.0 Å². The fourth-order valence-corrected chi connectivity index (χ4v) is 3.28. The highest BCUT2D eigenvalue weighted by Crippen LogP contribution is 2.32. The van der Waals surface area contributed by atoms with Crippen LogP contribution in [0.15, 0.2) is 54.6 Å². The SMILES string of the molecule is COC(=O)c1sc(-c2ccc(OC)cc2)nc1NCc1ccccc1. The van der Waals surface area contributed by atoms with Crippen molar-refractivity contribution in [3.63, 3.8) is 0 Å². The molecular formula is C19H18N2O3S. The lowest BCUT2D eigenvalue weighted by atomic mass is 10.2. The standard InChI is InChI=1S/C19H18N2O3S/c1-23-15-10-8-14(9-11-15)18-21-17(16(25-18)19(22)24-2)20-12-13-6-4-3-5-7-13/h3-11,20H,12H2,1-2H3. The third kappa shape index (κ3) is 3.97. The van der Waals surface area contributed by atoms with Crippen LogP contribution in [0.4, 0.5) is 5.82 Å². The van der Waals surface area contributed by atoms with Gasteiger partial charge in [0.25, 0.3) is 0 Å². The number of carbonyl (C=O) groups is 1. The van der Waals surface area contributed by atoms with Crippen molar-refractivity contribution in [2.45, 2.75) is 6.54 Å². The van der Waals surface area contributed by atoms with Crippen LogP contribution in [0.3, 0.4) is 0 Å². The number of thiazole rings is 1. The molecule has 3 aromatic rings. The smallest absolute Gasteiger partial charge is 0.351 e. The van der Waals surface area contributed by atoms with Gasteiger partial charge < -0.3 is 14.8 Å². The minimum atomic E-state index is -0.396. The van der Waals surface area contributed by atoms with Gasteiger partial charge in [0.15, 0.2) is 10.7 Å². The topological polar surface area (TPSA) is 60.5 Å². The van der Waals surface area contributed by atoms with Gasteiger partial charge in [0, 0.05) is 12.1 Å². The first-order chi connectivity index (χ1) is 12.2. The molecule has 6 heteroatoms.